The fraction of sp³-hybridized carbons (Fsp3) is 0.312. The van der Waals surface area contributed by atoms with Gasteiger partial charge >= 0.3 is 12.1 Å². The highest BCUT2D eigenvalue weighted by Crippen LogP contribution is 2.29. The first-order valence-corrected chi connectivity index (χ1v) is 7.26. The number of amides is 2. The third-order valence-electron chi connectivity index (χ3n) is 3.04. The van der Waals surface area contributed by atoms with Gasteiger partial charge in [-0.3, -0.25) is 9.59 Å². The Bertz CT molecular complexity index is 654. The van der Waals surface area contributed by atoms with Gasteiger partial charge in [-0.2, -0.15) is 13.2 Å². The van der Waals surface area contributed by atoms with Crippen LogP contribution in [0.5, 0.6) is 0 Å². The molecule has 0 saturated heterocycles. The van der Waals surface area contributed by atoms with E-state index in [0.29, 0.717) is 0 Å². The Morgan fingerprint density at radius 2 is 1.84 bits per heavy atom. The van der Waals surface area contributed by atoms with Crippen LogP contribution in [-0.4, -0.2) is 30.4 Å². The number of hydrogen-bond donors (Lipinski definition) is 2. The number of benzene rings is 1. The van der Waals surface area contributed by atoms with E-state index in [-0.39, 0.29) is 18.6 Å². The lowest BCUT2D eigenvalue weighted by molar-refractivity contribution is -0.138. The van der Waals surface area contributed by atoms with Crippen LogP contribution in [0.3, 0.4) is 0 Å². The highest BCUT2D eigenvalue weighted by molar-refractivity contribution is 5.97. The number of halogens is 3. The summed E-state index contributed by atoms with van der Waals surface area (Å²) in [4.78, 5) is 34.5. The molecule has 136 valence electrons. The molecule has 1 atom stereocenters. The molecule has 1 aromatic rings. The molecule has 0 saturated carbocycles. The summed E-state index contributed by atoms with van der Waals surface area (Å²) in [7, 11) is 0. The summed E-state index contributed by atoms with van der Waals surface area (Å²) in [5, 5.41) is 2.30. The predicted octanol–water partition coefficient (Wildman–Crippen LogP) is 1.80. The van der Waals surface area contributed by atoms with E-state index in [0.717, 1.165) is 30.3 Å². The van der Waals surface area contributed by atoms with Crippen LogP contribution in [0.15, 0.2) is 36.4 Å². The van der Waals surface area contributed by atoms with Crippen molar-refractivity contribution in [3.05, 3.63) is 47.5 Å². The molecule has 0 bridgehead atoms. The van der Waals surface area contributed by atoms with E-state index in [4.69, 9.17) is 5.73 Å². The monoisotopic (exact) mass is 358 g/mol. The van der Waals surface area contributed by atoms with Gasteiger partial charge in [0.15, 0.2) is 0 Å². The van der Waals surface area contributed by atoms with Crippen LogP contribution < -0.4 is 11.1 Å². The maximum Gasteiger partial charge on any atom is 0.416 e. The zero-order valence-electron chi connectivity index (χ0n) is 13.3. The normalized spacial score (nSPS) is 12.6. The summed E-state index contributed by atoms with van der Waals surface area (Å²) in [6.07, 6.45) is -2.19. The fourth-order valence-electron chi connectivity index (χ4n) is 1.79. The lowest BCUT2D eigenvalue weighted by atomic mass is 10.1. The molecule has 0 radical (unpaired) electrons. The highest BCUT2D eigenvalue weighted by Gasteiger charge is 2.30. The molecule has 0 aliphatic rings. The number of rotatable bonds is 7. The van der Waals surface area contributed by atoms with E-state index in [1.54, 1.807) is 6.92 Å². The van der Waals surface area contributed by atoms with E-state index in [9.17, 15) is 27.6 Å². The van der Waals surface area contributed by atoms with E-state index in [1.165, 1.54) is 6.08 Å². The summed E-state index contributed by atoms with van der Waals surface area (Å²) in [6.45, 7) is 1.81. The Labute approximate surface area is 141 Å². The quantitative estimate of drug-likeness (QED) is 0.573. The number of primary amides is 1. The lowest BCUT2D eigenvalue weighted by Crippen LogP contribution is -2.44. The summed E-state index contributed by atoms with van der Waals surface area (Å²) in [6, 6.07) is 2.37. The van der Waals surface area contributed by atoms with Crippen LogP contribution in [0.2, 0.25) is 0 Å². The van der Waals surface area contributed by atoms with Crippen LogP contribution >= 0.6 is 0 Å². The van der Waals surface area contributed by atoms with Crippen molar-refractivity contribution in [1.82, 2.24) is 5.32 Å². The minimum absolute atomic E-state index is 0.0615. The van der Waals surface area contributed by atoms with E-state index in [2.05, 4.69) is 10.1 Å². The van der Waals surface area contributed by atoms with Gasteiger partial charge in [-0.15, -0.1) is 0 Å². The third-order valence-corrected chi connectivity index (χ3v) is 3.04. The number of esters is 1. The van der Waals surface area contributed by atoms with Crippen molar-refractivity contribution >= 4 is 17.8 Å². The van der Waals surface area contributed by atoms with E-state index in [1.807, 2.05) is 0 Å². The number of carbonyl (C=O) groups is 3. The van der Waals surface area contributed by atoms with Gasteiger partial charge in [-0.05, 0) is 37.6 Å². The Kier molecular flexibility index (Phi) is 7.16. The van der Waals surface area contributed by atoms with E-state index >= 15 is 0 Å². The van der Waals surface area contributed by atoms with Crippen LogP contribution in [-0.2, 0) is 20.5 Å². The Morgan fingerprint density at radius 3 is 2.32 bits per heavy atom. The third kappa shape index (κ3) is 6.66. The number of nitrogens with one attached hydrogen (secondary N) is 1. The van der Waals surface area contributed by atoms with Gasteiger partial charge in [0, 0.05) is 11.6 Å². The molecular formula is C16H17F3N2O4. The maximum absolute atomic E-state index is 12.5. The van der Waals surface area contributed by atoms with Gasteiger partial charge in [-0.25, -0.2) is 4.79 Å². The molecule has 0 heterocycles. The summed E-state index contributed by atoms with van der Waals surface area (Å²) in [5.74, 6) is -2.23. The second kappa shape index (κ2) is 8.86. The Hall–Kier alpha value is -2.84. The highest BCUT2D eigenvalue weighted by atomic mass is 19.4. The molecule has 0 fully saturated rings. The second-order valence-electron chi connectivity index (χ2n) is 4.89. The van der Waals surface area contributed by atoms with Gasteiger partial charge in [0.05, 0.1) is 12.2 Å². The molecule has 6 nitrogen and oxygen atoms in total. The van der Waals surface area contributed by atoms with Gasteiger partial charge in [0.2, 0.25) is 5.91 Å². The number of nitrogens with two attached hydrogens (primary N) is 1. The first kappa shape index (κ1) is 20.2. The number of carbonyl (C=O) groups excluding carboxylic acids is 3. The minimum Gasteiger partial charge on any atom is -0.463 e. The molecule has 1 rings (SSSR count). The molecule has 0 aliphatic heterocycles. The van der Waals surface area contributed by atoms with Crippen LogP contribution in [0.1, 0.15) is 29.3 Å². The molecule has 0 unspecified atom stereocenters. The van der Waals surface area contributed by atoms with Gasteiger partial charge < -0.3 is 15.8 Å². The predicted molar refractivity (Wildman–Crippen MR) is 82.3 cm³/mol. The molecule has 3 N–H and O–H groups in total. The van der Waals surface area contributed by atoms with Gasteiger partial charge in [-0.1, -0.05) is 6.08 Å². The molecule has 1 aromatic carbocycles. The van der Waals surface area contributed by atoms with Crippen molar-refractivity contribution in [3.8, 4) is 0 Å². The Morgan fingerprint density at radius 1 is 1.24 bits per heavy atom. The molecule has 0 aliphatic carbocycles. The average Bonchev–Trinajstić information content (AvgIpc) is 2.53. The molecular weight excluding hydrogens is 341 g/mol. The van der Waals surface area contributed by atoms with Crippen molar-refractivity contribution in [2.45, 2.75) is 25.6 Å². The van der Waals surface area contributed by atoms with Crippen LogP contribution in [0, 0.1) is 0 Å². The molecule has 0 spiro atoms. The lowest BCUT2D eigenvalue weighted by Gasteiger charge is -2.14. The van der Waals surface area contributed by atoms with Crippen molar-refractivity contribution < 1.29 is 32.3 Å². The standard InChI is InChI=1S/C16H17F3N2O4/c1-2-25-13(22)5-3-4-12(14(20)23)21-15(24)10-6-8-11(9-7-10)16(17,18)19/h3,5-9,12H,2,4H2,1H3,(H2,20,23)(H,21,24)/b5-3+/t12-/m0/s1. The average molecular weight is 358 g/mol. The number of hydrogen-bond acceptors (Lipinski definition) is 4. The molecule has 9 heteroatoms. The Balaban J connectivity index is 2.73. The smallest absolute Gasteiger partial charge is 0.416 e. The molecule has 25 heavy (non-hydrogen) atoms. The second-order valence-corrected chi connectivity index (χ2v) is 4.89. The maximum atomic E-state index is 12.5. The first-order valence-electron chi connectivity index (χ1n) is 7.26. The fourth-order valence-corrected chi connectivity index (χ4v) is 1.79. The van der Waals surface area contributed by atoms with Crippen molar-refractivity contribution in [2.75, 3.05) is 6.61 Å². The van der Waals surface area contributed by atoms with Gasteiger partial charge in [0.1, 0.15) is 6.04 Å². The summed E-state index contributed by atoms with van der Waals surface area (Å²) in [5.41, 5.74) is 4.21. The first-order chi connectivity index (χ1) is 11.6. The van der Waals surface area contributed by atoms with Crippen LogP contribution in [0.4, 0.5) is 13.2 Å². The van der Waals surface area contributed by atoms with Crippen molar-refractivity contribution in [2.24, 2.45) is 5.73 Å². The van der Waals surface area contributed by atoms with Crippen molar-refractivity contribution in [3.63, 3.8) is 0 Å². The zero-order chi connectivity index (χ0) is 19.0. The molecule has 2 amide bonds. The van der Waals surface area contributed by atoms with E-state index < -0.39 is 35.6 Å². The SMILES string of the molecule is CCOC(=O)/C=C/C[C@H](NC(=O)c1ccc(C(F)(F)F)cc1)C(N)=O. The summed E-state index contributed by atoms with van der Waals surface area (Å²) >= 11 is 0. The van der Waals surface area contributed by atoms with Gasteiger partial charge in [0.25, 0.3) is 5.91 Å². The largest absolute Gasteiger partial charge is 0.463 e. The summed E-state index contributed by atoms with van der Waals surface area (Å²) < 4.78 is 42.1. The zero-order valence-corrected chi connectivity index (χ0v) is 13.3. The number of alkyl halides is 3. The number of ether oxygens (including phenoxy) is 1. The van der Waals surface area contributed by atoms with Crippen LogP contribution in [0.25, 0.3) is 0 Å². The van der Waals surface area contributed by atoms with Crippen molar-refractivity contribution in [1.29, 1.82) is 0 Å². The topological polar surface area (TPSA) is 98.5 Å². The molecule has 0 aromatic heterocycles. The minimum atomic E-state index is -4.51.